The van der Waals surface area contributed by atoms with Gasteiger partial charge in [-0.15, -0.1) is 0 Å². The third kappa shape index (κ3) is 3.26. The Hall–Kier alpha value is -1.11. The van der Waals surface area contributed by atoms with Crippen LogP contribution in [0.3, 0.4) is 0 Å². The summed E-state index contributed by atoms with van der Waals surface area (Å²) in [7, 11) is -3.68. The number of nitrogens with one attached hydrogen (secondary N) is 1. The van der Waals surface area contributed by atoms with Crippen LogP contribution in [0.1, 0.15) is 30.0 Å². The van der Waals surface area contributed by atoms with E-state index in [0.717, 1.165) is 5.56 Å². The number of nitrogens with two attached hydrogens (primary N) is 1. The predicted octanol–water partition coefficient (Wildman–Crippen LogP) is 1.24. The molecule has 1 unspecified atom stereocenters. The van der Waals surface area contributed by atoms with E-state index in [1.807, 2.05) is 13.8 Å². The zero-order valence-electron chi connectivity index (χ0n) is 11.8. The molecule has 0 saturated carbocycles. The average Bonchev–Trinajstić information content (AvgIpc) is 2.33. The molecule has 1 aromatic rings. The van der Waals surface area contributed by atoms with E-state index in [2.05, 4.69) is 4.72 Å². The zero-order chi connectivity index (χ0) is 14.8. The quantitative estimate of drug-likeness (QED) is 0.710. The fourth-order valence-corrected chi connectivity index (χ4v) is 3.86. The highest BCUT2D eigenvalue weighted by Crippen LogP contribution is 2.27. The summed E-state index contributed by atoms with van der Waals surface area (Å²) in [6, 6.07) is 1.29. The van der Waals surface area contributed by atoms with Crippen LogP contribution in [0.2, 0.25) is 0 Å². The normalized spacial score (nSPS) is 13.5. The molecular formula is C13H22N2O3S. The van der Waals surface area contributed by atoms with Crippen LogP contribution in [0, 0.1) is 20.8 Å². The summed E-state index contributed by atoms with van der Waals surface area (Å²) in [6.07, 6.45) is 0.523. The molecule has 1 rings (SSSR count). The SMILES string of the molecule is CCC(CO)NS(=O)(=O)c1c(C)c(C)cc(N)c1C. The van der Waals surface area contributed by atoms with Crippen molar-refractivity contribution < 1.29 is 13.5 Å². The summed E-state index contributed by atoms with van der Waals surface area (Å²) in [5.41, 5.74) is 8.37. The fourth-order valence-electron chi connectivity index (χ4n) is 1.97. The molecule has 0 aromatic heterocycles. The van der Waals surface area contributed by atoms with Gasteiger partial charge in [0, 0.05) is 11.7 Å². The lowest BCUT2D eigenvalue weighted by molar-refractivity contribution is 0.254. The molecule has 6 heteroatoms. The Labute approximate surface area is 114 Å². The second kappa shape index (κ2) is 5.90. The topological polar surface area (TPSA) is 92.4 Å². The van der Waals surface area contributed by atoms with Gasteiger partial charge in [-0.3, -0.25) is 0 Å². The van der Waals surface area contributed by atoms with Crippen LogP contribution in [-0.2, 0) is 10.0 Å². The first-order valence-electron chi connectivity index (χ1n) is 6.24. The molecular weight excluding hydrogens is 264 g/mol. The second-order valence-electron chi connectivity index (χ2n) is 4.77. The molecule has 4 N–H and O–H groups in total. The summed E-state index contributed by atoms with van der Waals surface area (Å²) >= 11 is 0. The van der Waals surface area contributed by atoms with Gasteiger partial charge >= 0.3 is 0 Å². The van der Waals surface area contributed by atoms with E-state index in [4.69, 9.17) is 10.8 Å². The van der Waals surface area contributed by atoms with Crippen LogP contribution >= 0.6 is 0 Å². The van der Waals surface area contributed by atoms with E-state index in [1.54, 1.807) is 19.9 Å². The van der Waals surface area contributed by atoms with Crippen LogP contribution in [0.25, 0.3) is 0 Å². The lowest BCUT2D eigenvalue weighted by atomic mass is 10.1. The maximum Gasteiger partial charge on any atom is 0.241 e. The standard InChI is InChI=1S/C13H22N2O3S/c1-5-11(7-16)15-19(17,18)13-9(3)8(2)6-12(14)10(13)4/h6,11,15-16H,5,7,14H2,1-4H3. The minimum Gasteiger partial charge on any atom is -0.398 e. The van der Waals surface area contributed by atoms with Crippen molar-refractivity contribution in [3.63, 3.8) is 0 Å². The first kappa shape index (κ1) is 15.9. The number of aliphatic hydroxyl groups is 1. The Morgan fingerprint density at radius 1 is 1.32 bits per heavy atom. The maximum absolute atomic E-state index is 12.4. The number of anilines is 1. The molecule has 0 heterocycles. The zero-order valence-corrected chi connectivity index (χ0v) is 12.6. The number of hydrogen-bond acceptors (Lipinski definition) is 4. The lowest BCUT2D eigenvalue weighted by Crippen LogP contribution is -2.37. The van der Waals surface area contributed by atoms with Crippen molar-refractivity contribution in [2.24, 2.45) is 0 Å². The summed E-state index contributed by atoms with van der Waals surface area (Å²) in [5.74, 6) is 0. The third-order valence-corrected chi connectivity index (χ3v) is 5.17. The smallest absolute Gasteiger partial charge is 0.241 e. The fraction of sp³-hybridized carbons (Fsp3) is 0.538. The number of sulfonamides is 1. The van der Waals surface area contributed by atoms with Crippen molar-refractivity contribution in [3.8, 4) is 0 Å². The van der Waals surface area contributed by atoms with Gasteiger partial charge < -0.3 is 10.8 Å². The number of aliphatic hydroxyl groups excluding tert-OH is 1. The van der Waals surface area contributed by atoms with Crippen molar-refractivity contribution in [3.05, 3.63) is 22.8 Å². The summed E-state index contributed by atoms with van der Waals surface area (Å²) < 4.78 is 27.4. The molecule has 0 aliphatic carbocycles. The van der Waals surface area contributed by atoms with Gasteiger partial charge in [-0.25, -0.2) is 13.1 Å². The molecule has 0 spiro atoms. The monoisotopic (exact) mass is 286 g/mol. The van der Waals surface area contributed by atoms with Crippen molar-refractivity contribution in [1.29, 1.82) is 0 Å². The maximum atomic E-state index is 12.4. The molecule has 1 aromatic carbocycles. The number of aryl methyl sites for hydroxylation is 1. The van der Waals surface area contributed by atoms with Crippen LogP contribution in [0.5, 0.6) is 0 Å². The molecule has 0 amide bonds. The number of nitrogen functional groups attached to an aromatic ring is 1. The van der Waals surface area contributed by atoms with Crippen molar-refractivity contribution in [2.75, 3.05) is 12.3 Å². The van der Waals surface area contributed by atoms with Crippen LogP contribution in [0.15, 0.2) is 11.0 Å². The van der Waals surface area contributed by atoms with Crippen LogP contribution in [-0.4, -0.2) is 26.2 Å². The van der Waals surface area contributed by atoms with E-state index in [1.165, 1.54) is 0 Å². The number of hydrogen-bond donors (Lipinski definition) is 3. The first-order chi connectivity index (χ1) is 8.74. The minimum absolute atomic E-state index is 0.219. The molecule has 0 saturated heterocycles. The van der Waals surface area contributed by atoms with Gasteiger partial charge in [0.1, 0.15) is 0 Å². The Bertz CT molecular complexity index is 537. The van der Waals surface area contributed by atoms with E-state index >= 15 is 0 Å². The first-order valence-corrected chi connectivity index (χ1v) is 7.72. The van der Waals surface area contributed by atoms with Crippen molar-refractivity contribution in [1.82, 2.24) is 4.72 Å². The van der Waals surface area contributed by atoms with Gasteiger partial charge in [0.05, 0.1) is 11.5 Å². The molecule has 0 aliphatic heterocycles. The van der Waals surface area contributed by atoms with Gasteiger partial charge in [-0.1, -0.05) is 6.92 Å². The number of benzene rings is 1. The third-order valence-electron chi connectivity index (χ3n) is 3.38. The molecule has 0 aliphatic rings. The van der Waals surface area contributed by atoms with Crippen molar-refractivity contribution in [2.45, 2.75) is 45.1 Å². The van der Waals surface area contributed by atoms with Crippen molar-refractivity contribution >= 4 is 15.7 Å². The second-order valence-corrected chi connectivity index (χ2v) is 6.42. The van der Waals surface area contributed by atoms with E-state index in [0.29, 0.717) is 23.2 Å². The van der Waals surface area contributed by atoms with Gasteiger partial charge in [0.2, 0.25) is 10.0 Å². The Kier molecular flexibility index (Phi) is 4.95. The number of rotatable bonds is 5. The van der Waals surface area contributed by atoms with Gasteiger partial charge in [0.15, 0.2) is 0 Å². The van der Waals surface area contributed by atoms with Crippen LogP contribution < -0.4 is 10.5 Å². The Morgan fingerprint density at radius 2 is 1.89 bits per heavy atom. The molecule has 0 radical (unpaired) electrons. The molecule has 108 valence electrons. The van der Waals surface area contributed by atoms with Crippen LogP contribution in [0.4, 0.5) is 5.69 Å². The van der Waals surface area contributed by atoms with Gasteiger partial charge in [0.25, 0.3) is 0 Å². The van der Waals surface area contributed by atoms with Gasteiger partial charge in [-0.2, -0.15) is 0 Å². The molecule has 0 fully saturated rings. The van der Waals surface area contributed by atoms with E-state index < -0.39 is 16.1 Å². The molecule has 0 bridgehead atoms. The highest BCUT2D eigenvalue weighted by atomic mass is 32.2. The molecule has 1 atom stereocenters. The van der Waals surface area contributed by atoms with E-state index in [9.17, 15) is 8.42 Å². The average molecular weight is 286 g/mol. The Balaban J connectivity index is 3.37. The molecule has 19 heavy (non-hydrogen) atoms. The summed E-state index contributed by atoms with van der Waals surface area (Å²) in [6.45, 7) is 6.86. The highest BCUT2D eigenvalue weighted by Gasteiger charge is 2.24. The lowest BCUT2D eigenvalue weighted by Gasteiger charge is -2.19. The minimum atomic E-state index is -3.68. The van der Waals surface area contributed by atoms with Gasteiger partial charge in [-0.05, 0) is 49.9 Å². The predicted molar refractivity (Wildman–Crippen MR) is 76.6 cm³/mol. The van der Waals surface area contributed by atoms with E-state index in [-0.39, 0.29) is 11.5 Å². The largest absolute Gasteiger partial charge is 0.398 e. The highest BCUT2D eigenvalue weighted by molar-refractivity contribution is 7.89. The summed E-state index contributed by atoms with van der Waals surface area (Å²) in [4.78, 5) is 0.219. The summed E-state index contributed by atoms with van der Waals surface area (Å²) in [5, 5.41) is 9.13. The Morgan fingerprint density at radius 3 is 2.37 bits per heavy atom. The molecule has 5 nitrogen and oxygen atoms in total.